The zero-order valence-electron chi connectivity index (χ0n) is 12.4. The van der Waals surface area contributed by atoms with Crippen LogP contribution in [0.2, 0.25) is 0 Å². The molecule has 4 rings (SSSR count). The van der Waals surface area contributed by atoms with Crippen molar-refractivity contribution in [1.29, 1.82) is 0 Å². The number of fused-ring (bicyclic) bond motifs is 2. The largest absolute Gasteiger partial charge is 0.464 e. The van der Waals surface area contributed by atoms with E-state index < -0.39 is 6.04 Å². The summed E-state index contributed by atoms with van der Waals surface area (Å²) in [6, 6.07) is 17.1. The molecule has 1 amide bonds. The van der Waals surface area contributed by atoms with Gasteiger partial charge in [0.15, 0.2) is 0 Å². The molecule has 1 atom stereocenters. The Morgan fingerprint density at radius 2 is 1.61 bits per heavy atom. The Labute approximate surface area is 133 Å². The molecule has 1 aliphatic heterocycles. The number of cyclic esters (lactones) is 1. The molecule has 3 aromatic carbocycles. The predicted molar refractivity (Wildman–Crippen MR) is 88.3 cm³/mol. The number of hydrogen-bond acceptors (Lipinski definition) is 3. The number of ether oxygens (including phenoxy) is 1. The third kappa shape index (κ3) is 2.32. The van der Waals surface area contributed by atoms with Crippen LogP contribution in [0.5, 0.6) is 0 Å². The maximum atomic E-state index is 12.9. The number of rotatable bonds is 2. The van der Waals surface area contributed by atoms with E-state index in [9.17, 15) is 9.59 Å². The molecule has 1 N–H and O–H groups in total. The van der Waals surface area contributed by atoms with Crippen molar-refractivity contribution in [2.45, 2.75) is 12.5 Å². The Balaban J connectivity index is 1.88. The second-order valence-corrected chi connectivity index (χ2v) is 5.68. The Morgan fingerprint density at radius 3 is 2.17 bits per heavy atom. The third-order valence-electron chi connectivity index (χ3n) is 4.24. The molecule has 0 saturated carbocycles. The van der Waals surface area contributed by atoms with E-state index in [1.165, 1.54) is 0 Å². The van der Waals surface area contributed by atoms with Gasteiger partial charge in [0.05, 0.1) is 12.2 Å². The summed E-state index contributed by atoms with van der Waals surface area (Å²) >= 11 is 0. The van der Waals surface area contributed by atoms with Crippen LogP contribution in [0.4, 0.5) is 0 Å². The van der Waals surface area contributed by atoms with E-state index >= 15 is 0 Å². The molecule has 0 radical (unpaired) electrons. The van der Waals surface area contributed by atoms with Gasteiger partial charge in [-0.15, -0.1) is 0 Å². The number of nitrogens with one attached hydrogen (secondary N) is 1. The van der Waals surface area contributed by atoms with Crippen LogP contribution in [-0.2, 0) is 9.53 Å². The average Bonchev–Trinajstić information content (AvgIpc) is 2.97. The number of hydrogen-bond donors (Lipinski definition) is 1. The number of carbonyl (C=O) groups is 2. The molecule has 0 spiro atoms. The summed E-state index contributed by atoms with van der Waals surface area (Å²) in [6.45, 7) is 0.361. The zero-order chi connectivity index (χ0) is 15.8. The second-order valence-electron chi connectivity index (χ2n) is 5.68. The first kappa shape index (κ1) is 13.8. The topological polar surface area (TPSA) is 55.4 Å². The normalized spacial score (nSPS) is 17.4. The van der Waals surface area contributed by atoms with Crippen LogP contribution in [-0.4, -0.2) is 24.5 Å². The van der Waals surface area contributed by atoms with Gasteiger partial charge in [0.2, 0.25) is 0 Å². The van der Waals surface area contributed by atoms with Crippen molar-refractivity contribution in [3.05, 3.63) is 60.2 Å². The van der Waals surface area contributed by atoms with Crippen LogP contribution in [0.15, 0.2) is 54.6 Å². The number of carbonyl (C=O) groups excluding carboxylic acids is 2. The van der Waals surface area contributed by atoms with E-state index in [0.717, 1.165) is 21.5 Å². The minimum absolute atomic E-state index is 0.234. The summed E-state index contributed by atoms with van der Waals surface area (Å²) in [5, 5.41) is 6.59. The fourth-order valence-corrected chi connectivity index (χ4v) is 3.12. The van der Waals surface area contributed by atoms with E-state index in [-0.39, 0.29) is 11.9 Å². The SMILES string of the molecule is O=C(NC1CCOC1=O)c1c2ccccc2cc2ccccc12. The van der Waals surface area contributed by atoms with Crippen LogP contribution in [0.3, 0.4) is 0 Å². The lowest BCUT2D eigenvalue weighted by Crippen LogP contribution is -2.38. The van der Waals surface area contributed by atoms with Crippen LogP contribution in [0.1, 0.15) is 16.8 Å². The highest BCUT2D eigenvalue weighted by Gasteiger charge is 2.29. The Morgan fingerprint density at radius 1 is 1.00 bits per heavy atom. The van der Waals surface area contributed by atoms with Gasteiger partial charge >= 0.3 is 5.97 Å². The monoisotopic (exact) mass is 305 g/mol. The lowest BCUT2D eigenvalue weighted by Gasteiger charge is -2.13. The smallest absolute Gasteiger partial charge is 0.328 e. The van der Waals surface area contributed by atoms with Gasteiger partial charge < -0.3 is 10.1 Å². The molecule has 23 heavy (non-hydrogen) atoms. The molecule has 1 aliphatic rings. The highest BCUT2D eigenvalue weighted by molar-refractivity contribution is 6.18. The second kappa shape index (κ2) is 5.39. The minimum Gasteiger partial charge on any atom is -0.464 e. The van der Waals surface area contributed by atoms with Crippen LogP contribution < -0.4 is 5.32 Å². The van der Waals surface area contributed by atoms with E-state index in [1.807, 2.05) is 48.5 Å². The molecule has 4 nitrogen and oxygen atoms in total. The van der Waals surface area contributed by atoms with Gasteiger partial charge in [0.1, 0.15) is 6.04 Å². The Hall–Kier alpha value is -2.88. The van der Waals surface area contributed by atoms with Gasteiger partial charge in [-0.25, -0.2) is 4.79 Å². The summed E-state index contributed by atoms with van der Waals surface area (Å²) in [4.78, 5) is 24.5. The molecule has 1 saturated heterocycles. The van der Waals surface area contributed by atoms with E-state index in [4.69, 9.17) is 4.74 Å². The van der Waals surface area contributed by atoms with Gasteiger partial charge in [-0.05, 0) is 27.6 Å². The standard InChI is InChI=1S/C19H15NO3/c21-18(20-16-9-10-23-19(16)22)17-14-7-3-1-5-12(14)11-13-6-2-4-8-15(13)17/h1-8,11,16H,9-10H2,(H,20,21). The molecule has 0 aromatic heterocycles. The van der Waals surface area contributed by atoms with E-state index in [1.54, 1.807) is 0 Å². The number of esters is 1. The van der Waals surface area contributed by atoms with Gasteiger partial charge in [0, 0.05) is 6.42 Å². The molecular formula is C19H15NO3. The fraction of sp³-hybridized carbons (Fsp3) is 0.158. The van der Waals surface area contributed by atoms with Gasteiger partial charge in [-0.3, -0.25) is 4.79 Å². The first-order valence-electron chi connectivity index (χ1n) is 7.62. The maximum absolute atomic E-state index is 12.9. The molecule has 114 valence electrons. The zero-order valence-corrected chi connectivity index (χ0v) is 12.4. The van der Waals surface area contributed by atoms with Crippen molar-refractivity contribution >= 4 is 33.4 Å². The Kier molecular flexibility index (Phi) is 3.23. The van der Waals surface area contributed by atoms with Gasteiger partial charge in [0.25, 0.3) is 5.91 Å². The van der Waals surface area contributed by atoms with E-state index in [0.29, 0.717) is 18.6 Å². The van der Waals surface area contributed by atoms with Crippen LogP contribution >= 0.6 is 0 Å². The molecular weight excluding hydrogens is 290 g/mol. The van der Waals surface area contributed by atoms with Crippen LogP contribution in [0, 0.1) is 0 Å². The summed E-state index contributed by atoms with van der Waals surface area (Å²) < 4.78 is 4.92. The number of benzene rings is 3. The summed E-state index contributed by atoms with van der Waals surface area (Å²) in [6.07, 6.45) is 0.521. The highest BCUT2D eigenvalue weighted by Crippen LogP contribution is 2.28. The Bertz CT molecular complexity index is 878. The summed E-state index contributed by atoms with van der Waals surface area (Å²) in [5.74, 6) is -0.593. The molecule has 0 bridgehead atoms. The highest BCUT2D eigenvalue weighted by atomic mass is 16.5. The minimum atomic E-state index is -0.555. The first-order valence-corrected chi connectivity index (χ1v) is 7.62. The molecule has 1 unspecified atom stereocenters. The summed E-state index contributed by atoms with van der Waals surface area (Å²) in [5.41, 5.74) is 0.610. The van der Waals surface area contributed by atoms with Gasteiger partial charge in [-0.2, -0.15) is 0 Å². The van der Waals surface area contributed by atoms with Crippen molar-refractivity contribution in [1.82, 2.24) is 5.32 Å². The van der Waals surface area contributed by atoms with Crippen molar-refractivity contribution < 1.29 is 14.3 Å². The predicted octanol–water partition coefficient (Wildman–Crippen LogP) is 3.04. The molecule has 1 fully saturated rings. The van der Waals surface area contributed by atoms with Crippen molar-refractivity contribution in [2.75, 3.05) is 6.61 Å². The summed E-state index contributed by atoms with van der Waals surface area (Å²) in [7, 11) is 0. The first-order chi connectivity index (χ1) is 11.2. The van der Waals surface area contributed by atoms with Crippen molar-refractivity contribution in [2.24, 2.45) is 0 Å². The lowest BCUT2D eigenvalue weighted by atomic mass is 9.96. The van der Waals surface area contributed by atoms with Crippen molar-refractivity contribution in [3.63, 3.8) is 0 Å². The third-order valence-corrected chi connectivity index (χ3v) is 4.24. The van der Waals surface area contributed by atoms with Crippen molar-refractivity contribution in [3.8, 4) is 0 Å². The van der Waals surface area contributed by atoms with E-state index in [2.05, 4.69) is 11.4 Å². The molecule has 0 aliphatic carbocycles. The van der Waals surface area contributed by atoms with Gasteiger partial charge in [-0.1, -0.05) is 48.5 Å². The molecule has 1 heterocycles. The fourth-order valence-electron chi connectivity index (χ4n) is 3.12. The average molecular weight is 305 g/mol. The number of amides is 1. The molecule has 4 heteroatoms. The quantitative estimate of drug-likeness (QED) is 0.585. The van der Waals surface area contributed by atoms with Crippen LogP contribution in [0.25, 0.3) is 21.5 Å². The maximum Gasteiger partial charge on any atom is 0.328 e. The molecule has 3 aromatic rings. The lowest BCUT2D eigenvalue weighted by molar-refractivity contribution is -0.139.